The highest BCUT2D eigenvalue weighted by atomic mass is 35.5. The molecule has 3 aromatic rings. The molecule has 3 rings (SSSR count). The van der Waals surface area contributed by atoms with Crippen molar-refractivity contribution < 1.29 is 9.53 Å². The van der Waals surface area contributed by atoms with Crippen LogP contribution in [0.2, 0.25) is 10.0 Å². The predicted molar refractivity (Wildman–Crippen MR) is 121 cm³/mol. The first-order chi connectivity index (χ1) is 14.5. The molecule has 0 aromatic heterocycles. The molecule has 1 amide bonds. The summed E-state index contributed by atoms with van der Waals surface area (Å²) in [5.41, 5.74) is 2.89. The van der Waals surface area contributed by atoms with Crippen molar-refractivity contribution in [2.75, 3.05) is 5.32 Å². The molecule has 0 saturated carbocycles. The van der Waals surface area contributed by atoms with E-state index in [-0.39, 0.29) is 5.57 Å². The Balaban J connectivity index is 1.68. The lowest BCUT2D eigenvalue weighted by molar-refractivity contribution is -0.112. The van der Waals surface area contributed by atoms with Gasteiger partial charge in [-0.3, -0.25) is 4.79 Å². The monoisotopic (exact) mass is 436 g/mol. The normalized spacial score (nSPS) is 10.9. The van der Waals surface area contributed by atoms with Crippen LogP contribution in [-0.2, 0) is 11.4 Å². The van der Waals surface area contributed by atoms with E-state index in [1.165, 1.54) is 6.08 Å². The molecule has 4 nitrogen and oxygen atoms in total. The first-order valence-electron chi connectivity index (χ1n) is 9.12. The van der Waals surface area contributed by atoms with Gasteiger partial charge in [0.2, 0.25) is 0 Å². The van der Waals surface area contributed by atoms with Gasteiger partial charge in [0.15, 0.2) is 0 Å². The third kappa shape index (κ3) is 5.42. The number of nitriles is 1. The van der Waals surface area contributed by atoms with Gasteiger partial charge in [0.05, 0.1) is 0 Å². The van der Waals surface area contributed by atoms with E-state index in [1.54, 1.807) is 49.4 Å². The van der Waals surface area contributed by atoms with E-state index >= 15 is 0 Å². The van der Waals surface area contributed by atoms with Gasteiger partial charge < -0.3 is 10.1 Å². The number of benzene rings is 3. The van der Waals surface area contributed by atoms with Gasteiger partial charge >= 0.3 is 0 Å². The number of nitrogens with one attached hydrogen (secondary N) is 1. The second-order valence-corrected chi connectivity index (χ2v) is 7.30. The summed E-state index contributed by atoms with van der Waals surface area (Å²) in [5.74, 6) is 0.159. The van der Waals surface area contributed by atoms with Crippen molar-refractivity contribution in [1.29, 1.82) is 5.26 Å². The summed E-state index contributed by atoms with van der Waals surface area (Å²) in [7, 11) is 0. The van der Waals surface area contributed by atoms with Gasteiger partial charge in [-0.25, -0.2) is 0 Å². The van der Waals surface area contributed by atoms with E-state index in [1.807, 2.05) is 30.3 Å². The zero-order valence-electron chi connectivity index (χ0n) is 16.2. The third-order valence-electron chi connectivity index (χ3n) is 4.42. The summed E-state index contributed by atoms with van der Waals surface area (Å²) in [4.78, 5) is 12.5. The quantitative estimate of drug-likeness (QED) is 0.357. The van der Waals surface area contributed by atoms with Gasteiger partial charge in [0, 0.05) is 21.3 Å². The summed E-state index contributed by atoms with van der Waals surface area (Å²) in [6, 6.07) is 21.7. The lowest BCUT2D eigenvalue weighted by Crippen LogP contribution is -2.14. The van der Waals surface area contributed by atoms with Crippen molar-refractivity contribution in [2.24, 2.45) is 0 Å². The van der Waals surface area contributed by atoms with Gasteiger partial charge in [-0.1, -0.05) is 59.6 Å². The molecule has 0 aliphatic rings. The minimum atomic E-state index is -0.498. The molecule has 0 radical (unpaired) electrons. The van der Waals surface area contributed by atoms with E-state index < -0.39 is 5.91 Å². The number of halogens is 2. The largest absolute Gasteiger partial charge is 0.489 e. The van der Waals surface area contributed by atoms with Gasteiger partial charge in [-0.15, -0.1) is 0 Å². The van der Waals surface area contributed by atoms with Crippen LogP contribution in [0.1, 0.15) is 16.7 Å². The predicted octanol–water partition coefficient (Wildman–Crippen LogP) is 6.43. The average molecular weight is 437 g/mol. The highest BCUT2D eigenvalue weighted by molar-refractivity contribution is 6.32. The minimum absolute atomic E-state index is 0.0147. The van der Waals surface area contributed by atoms with Gasteiger partial charge in [0.25, 0.3) is 5.91 Å². The molecule has 0 saturated heterocycles. The maximum absolute atomic E-state index is 12.5. The molecule has 0 aliphatic heterocycles. The van der Waals surface area contributed by atoms with Crippen LogP contribution < -0.4 is 10.1 Å². The number of ether oxygens (including phenoxy) is 1. The van der Waals surface area contributed by atoms with Crippen LogP contribution in [0.15, 0.2) is 72.3 Å². The average Bonchev–Trinajstić information content (AvgIpc) is 2.75. The van der Waals surface area contributed by atoms with Gasteiger partial charge in [-0.2, -0.15) is 5.26 Å². The molecule has 0 fully saturated rings. The summed E-state index contributed by atoms with van der Waals surface area (Å²) >= 11 is 12.2. The topological polar surface area (TPSA) is 62.1 Å². The Bertz CT molecular complexity index is 1130. The number of anilines is 1. The van der Waals surface area contributed by atoms with E-state index in [0.717, 1.165) is 11.1 Å². The molecule has 0 atom stereocenters. The van der Waals surface area contributed by atoms with E-state index in [0.29, 0.717) is 33.7 Å². The van der Waals surface area contributed by atoms with Gasteiger partial charge in [-0.05, 0) is 54.5 Å². The number of carbonyl (C=O) groups excluding carboxylic acids is 1. The second kappa shape index (κ2) is 9.98. The van der Waals surface area contributed by atoms with E-state index in [9.17, 15) is 10.1 Å². The summed E-state index contributed by atoms with van der Waals surface area (Å²) in [5, 5.41) is 13.3. The molecule has 150 valence electrons. The van der Waals surface area contributed by atoms with Crippen LogP contribution in [0.4, 0.5) is 5.69 Å². The Labute approximate surface area is 185 Å². The summed E-state index contributed by atoms with van der Waals surface area (Å²) < 4.78 is 5.75. The molecular formula is C24H18Cl2N2O2. The van der Waals surface area contributed by atoms with E-state index in [2.05, 4.69) is 5.32 Å². The van der Waals surface area contributed by atoms with Crippen LogP contribution in [0, 0.1) is 18.3 Å². The molecule has 30 heavy (non-hydrogen) atoms. The third-order valence-corrected chi connectivity index (χ3v) is 5.20. The number of hydrogen-bond acceptors (Lipinski definition) is 3. The molecule has 0 unspecified atom stereocenters. The van der Waals surface area contributed by atoms with Gasteiger partial charge in [0.1, 0.15) is 24.0 Å². The fourth-order valence-corrected chi connectivity index (χ4v) is 3.05. The number of rotatable bonds is 6. The Hall–Kier alpha value is -3.26. The van der Waals surface area contributed by atoms with Crippen molar-refractivity contribution >= 4 is 40.9 Å². The molecule has 0 spiro atoms. The van der Waals surface area contributed by atoms with Crippen LogP contribution in [0.3, 0.4) is 0 Å². The highest BCUT2D eigenvalue weighted by Gasteiger charge is 2.12. The van der Waals surface area contributed by atoms with Crippen LogP contribution in [-0.4, -0.2) is 5.91 Å². The fourth-order valence-electron chi connectivity index (χ4n) is 2.68. The zero-order valence-corrected chi connectivity index (χ0v) is 17.7. The first kappa shape index (κ1) is 21.4. The molecule has 1 N–H and O–H groups in total. The number of hydrogen-bond donors (Lipinski definition) is 1. The molecule has 6 heteroatoms. The Morgan fingerprint density at radius 1 is 1.03 bits per heavy atom. The van der Waals surface area contributed by atoms with Crippen LogP contribution >= 0.6 is 23.2 Å². The molecular weight excluding hydrogens is 419 g/mol. The molecule has 3 aromatic carbocycles. The Morgan fingerprint density at radius 2 is 1.73 bits per heavy atom. The minimum Gasteiger partial charge on any atom is -0.489 e. The fraction of sp³-hybridized carbons (Fsp3) is 0.0833. The maximum atomic E-state index is 12.5. The van der Waals surface area contributed by atoms with Crippen LogP contribution in [0.5, 0.6) is 5.75 Å². The van der Waals surface area contributed by atoms with Crippen molar-refractivity contribution in [3.05, 3.63) is 99.0 Å². The van der Waals surface area contributed by atoms with E-state index in [4.69, 9.17) is 27.9 Å². The summed E-state index contributed by atoms with van der Waals surface area (Å²) in [6.45, 7) is 2.15. The van der Waals surface area contributed by atoms with Crippen molar-refractivity contribution in [3.8, 4) is 11.8 Å². The number of nitrogens with zero attached hydrogens (tertiary/aromatic N) is 1. The standard InChI is InChI=1S/C24H18Cl2N2O2/c1-16-21(25)7-4-8-23(16)28-24(29)19(14-27)13-17-9-11-20(12-10-17)30-15-18-5-2-3-6-22(18)26/h2-13H,15H2,1H3,(H,28,29)/b19-13+. The first-order valence-corrected chi connectivity index (χ1v) is 9.88. The lowest BCUT2D eigenvalue weighted by Gasteiger charge is -2.09. The van der Waals surface area contributed by atoms with Crippen molar-refractivity contribution in [1.82, 2.24) is 0 Å². The summed E-state index contributed by atoms with van der Waals surface area (Å²) in [6.07, 6.45) is 1.52. The molecule has 0 heterocycles. The highest BCUT2D eigenvalue weighted by Crippen LogP contribution is 2.24. The van der Waals surface area contributed by atoms with Crippen LogP contribution in [0.25, 0.3) is 6.08 Å². The Kier molecular flexibility index (Phi) is 7.13. The number of carbonyl (C=O) groups is 1. The van der Waals surface area contributed by atoms with Crippen molar-refractivity contribution in [2.45, 2.75) is 13.5 Å². The molecule has 0 aliphatic carbocycles. The molecule has 0 bridgehead atoms. The zero-order chi connectivity index (χ0) is 21.5. The SMILES string of the molecule is Cc1c(Cl)cccc1NC(=O)/C(C#N)=C/c1ccc(OCc2ccccc2Cl)cc1. The Morgan fingerprint density at radius 3 is 2.43 bits per heavy atom. The second-order valence-electron chi connectivity index (χ2n) is 6.49. The number of amides is 1. The lowest BCUT2D eigenvalue weighted by atomic mass is 10.1. The smallest absolute Gasteiger partial charge is 0.266 e. The van der Waals surface area contributed by atoms with Crippen molar-refractivity contribution in [3.63, 3.8) is 0 Å². The maximum Gasteiger partial charge on any atom is 0.266 e.